The second-order valence-electron chi connectivity index (χ2n) is 6.68. The lowest BCUT2D eigenvalue weighted by Crippen LogP contribution is -2.43. The maximum atomic E-state index is 13.3. The topological polar surface area (TPSA) is 73.1 Å². The van der Waals surface area contributed by atoms with Crippen LogP contribution in [0.15, 0.2) is 47.6 Å². The molecule has 1 aliphatic rings. The smallest absolute Gasteiger partial charge is 0.431 e. The van der Waals surface area contributed by atoms with Crippen molar-refractivity contribution in [3.05, 3.63) is 64.7 Å². The number of halogens is 3. The highest BCUT2D eigenvalue weighted by molar-refractivity contribution is 6.01. The summed E-state index contributed by atoms with van der Waals surface area (Å²) in [5, 5.41) is 25.1. The van der Waals surface area contributed by atoms with Crippen LogP contribution in [-0.2, 0) is 12.1 Å². The van der Waals surface area contributed by atoms with Gasteiger partial charge in [-0.1, -0.05) is 43.3 Å². The van der Waals surface area contributed by atoms with E-state index in [9.17, 15) is 28.2 Å². The Bertz CT molecular complexity index is 939. The van der Waals surface area contributed by atoms with Crippen LogP contribution in [0.3, 0.4) is 0 Å². The highest BCUT2D eigenvalue weighted by Crippen LogP contribution is 2.41. The van der Waals surface area contributed by atoms with Crippen LogP contribution in [0.25, 0.3) is 0 Å². The molecule has 0 bridgehead atoms. The maximum Gasteiger partial charge on any atom is 0.431 e. The number of amides is 1. The van der Waals surface area contributed by atoms with Gasteiger partial charge in [0, 0.05) is 5.56 Å². The number of aryl methyl sites for hydroxylation is 2. The lowest BCUT2D eigenvalue weighted by Gasteiger charge is -2.31. The van der Waals surface area contributed by atoms with E-state index in [2.05, 4.69) is 5.10 Å². The predicted molar refractivity (Wildman–Crippen MR) is 96.8 cm³/mol. The van der Waals surface area contributed by atoms with Gasteiger partial charge < -0.3 is 10.2 Å². The third kappa shape index (κ3) is 3.35. The number of aromatic hydroxyl groups is 1. The molecule has 28 heavy (non-hydrogen) atoms. The van der Waals surface area contributed by atoms with E-state index < -0.39 is 29.9 Å². The average Bonchev–Trinajstić information content (AvgIpc) is 3.03. The molecule has 5 nitrogen and oxygen atoms in total. The van der Waals surface area contributed by atoms with Crippen LogP contribution >= 0.6 is 0 Å². The van der Waals surface area contributed by atoms with Crippen molar-refractivity contribution in [1.82, 2.24) is 5.01 Å². The Balaban J connectivity index is 2.10. The Hall–Kier alpha value is -2.87. The van der Waals surface area contributed by atoms with E-state index in [1.54, 1.807) is 25.1 Å². The number of alkyl halides is 3. The SMILES string of the molecule is CCc1ccc([C@@]2(O)CC(C(F)(F)F)=NN2C(=O)c2cccc(C)c2O)cc1. The zero-order chi connectivity index (χ0) is 20.7. The van der Waals surface area contributed by atoms with Crippen molar-refractivity contribution in [2.24, 2.45) is 5.10 Å². The fourth-order valence-electron chi connectivity index (χ4n) is 3.09. The Morgan fingerprint density at radius 2 is 1.86 bits per heavy atom. The van der Waals surface area contributed by atoms with Gasteiger partial charge >= 0.3 is 6.18 Å². The average molecular weight is 392 g/mol. The van der Waals surface area contributed by atoms with Gasteiger partial charge in [0.2, 0.25) is 0 Å². The molecule has 0 aliphatic carbocycles. The number of benzene rings is 2. The van der Waals surface area contributed by atoms with Crippen molar-refractivity contribution in [3.8, 4) is 5.75 Å². The summed E-state index contributed by atoms with van der Waals surface area (Å²) in [4.78, 5) is 12.9. The van der Waals surface area contributed by atoms with Crippen LogP contribution in [0.1, 0.15) is 40.4 Å². The lowest BCUT2D eigenvalue weighted by molar-refractivity contribution is -0.0816. The Labute approximate surface area is 159 Å². The van der Waals surface area contributed by atoms with Crippen LogP contribution in [-0.4, -0.2) is 33.0 Å². The Kier molecular flexibility index (Phi) is 4.93. The summed E-state index contributed by atoms with van der Waals surface area (Å²) >= 11 is 0. The van der Waals surface area contributed by atoms with Gasteiger partial charge in [-0.2, -0.15) is 23.3 Å². The summed E-state index contributed by atoms with van der Waals surface area (Å²) in [7, 11) is 0. The van der Waals surface area contributed by atoms with Gasteiger partial charge in [-0.25, -0.2) is 0 Å². The van der Waals surface area contributed by atoms with Crippen molar-refractivity contribution in [1.29, 1.82) is 0 Å². The second-order valence-corrected chi connectivity index (χ2v) is 6.68. The zero-order valence-electron chi connectivity index (χ0n) is 15.3. The maximum absolute atomic E-state index is 13.3. The number of hydrogen-bond acceptors (Lipinski definition) is 4. The molecule has 0 unspecified atom stereocenters. The second kappa shape index (κ2) is 6.94. The van der Waals surface area contributed by atoms with E-state index >= 15 is 0 Å². The number of rotatable bonds is 3. The van der Waals surface area contributed by atoms with Gasteiger partial charge in [-0.3, -0.25) is 4.79 Å². The predicted octanol–water partition coefficient (Wildman–Crippen LogP) is 3.87. The number of aliphatic hydroxyl groups is 1. The molecule has 1 amide bonds. The van der Waals surface area contributed by atoms with Gasteiger partial charge in [-0.15, -0.1) is 0 Å². The van der Waals surface area contributed by atoms with Crippen molar-refractivity contribution >= 4 is 11.6 Å². The van der Waals surface area contributed by atoms with Gasteiger partial charge in [0.25, 0.3) is 5.91 Å². The van der Waals surface area contributed by atoms with Crippen LogP contribution in [0.4, 0.5) is 13.2 Å². The number of hydrogen-bond donors (Lipinski definition) is 2. The Morgan fingerprint density at radius 3 is 2.43 bits per heavy atom. The van der Waals surface area contributed by atoms with Crippen molar-refractivity contribution < 1.29 is 28.2 Å². The van der Waals surface area contributed by atoms with Crippen LogP contribution < -0.4 is 0 Å². The minimum absolute atomic E-state index is 0.105. The van der Waals surface area contributed by atoms with Gasteiger partial charge in [0.1, 0.15) is 11.5 Å². The first-order valence-electron chi connectivity index (χ1n) is 8.67. The molecule has 148 valence electrons. The molecular formula is C20H19F3N2O3. The molecule has 0 radical (unpaired) electrons. The molecule has 2 N–H and O–H groups in total. The highest BCUT2D eigenvalue weighted by atomic mass is 19.4. The summed E-state index contributed by atoms with van der Waals surface area (Å²) < 4.78 is 39.9. The molecule has 1 heterocycles. The van der Waals surface area contributed by atoms with Crippen LogP contribution in [0.5, 0.6) is 5.75 Å². The molecule has 2 aromatic rings. The third-order valence-corrected chi connectivity index (χ3v) is 4.80. The van der Waals surface area contributed by atoms with E-state index in [4.69, 9.17) is 0 Å². The third-order valence-electron chi connectivity index (χ3n) is 4.80. The number of phenols is 1. The number of carbonyl (C=O) groups is 1. The van der Waals surface area contributed by atoms with Crippen molar-refractivity contribution in [2.75, 3.05) is 0 Å². The molecule has 3 rings (SSSR count). The molecule has 1 aliphatic heterocycles. The summed E-state index contributed by atoms with van der Waals surface area (Å²) in [6.07, 6.45) is -5.00. The number of hydrazone groups is 1. The molecule has 0 fully saturated rings. The highest BCUT2D eigenvalue weighted by Gasteiger charge is 2.53. The largest absolute Gasteiger partial charge is 0.507 e. The quantitative estimate of drug-likeness (QED) is 0.833. The molecule has 0 saturated heterocycles. The van der Waals surface area contributed by atoms with Crippen molar-refractivity contribution in [2.45, 2.75) is 38.6 Å². The van der Waals surface area contributed by atoms with Gasteiger partial charge in [0.05, 0.1) is 12.0 Å². The zero-order valence-corrected chi connectivity index (χ0v) is 15.3. The van der Waals surface area contributed by atoms with E-state index in [-0.39, 0.29) is 16.9 Å². The normalized spacial score (nSPS) is 19.6. The number of phenolic OH excluding ortho intramolecular Hbond substituents is 1. The molecule has 0 aromatic heterocycles. The van der Waals surface area contributed by atoms with Gasteiger partial charge in [-0.05, 0) is 30.5 Å². The first-order chi connectivity index (χ1) is 13.1. The standard InChI is InChI=1S/C20H19F3N2O3/c1-3-13-7-9-14(10-8-13)19(28)11-16(20(21,22)23)24-25(19)18(27)15-6-4-5-12(2)17(15)26/h4-10,26,28H,3,11H2,1-2H3/t19-/m0/s1. The molecule has 0 saturated carbocycles. The van der Waals surface area contributed by atoms with E-state index in [0.29, 0.717) is 17.0 Å². The fraction of sp³-hybridized carbons (Fsp3) is 0.300. The monoisotopic (exact) mass is 392 g/mol. The summed E-state index contributed by atoms with van der Waals surface area (Å²) in [5.74, 6) is -1.39. The molecule has 0 spiro atoms. The minimum atomic E-state index is -4.80. The lowest BCUT2D eigenvalue weighted by atomic mass is 9.95. The molecule has 1 atom stereocenters. The van der Waals surface area contributed by atoms with E-state index in [1.807, 2.05) is 6.92 Å². The first kappa shape index (κ1) is 19.9. The van der Waals surface area contributed by atoms with E-state index in [0.717, 1.165) is 5.56 Å². The van der Waals surface area contributed by atoms with Crippen molar-refractivity contribution in [3.63, 3.8) is 0 Å². The number of para-hydroxylation sites is 1. The molecule has 8 heteroatoms. The number of carbonyl (C=O) groups excluding carboxylic acids is 1. The van der Waals surface area contributed by atoms with E-state index in [1.165, 1.54) is 24.3 Å². The summed E-state index contributed by atoms with van der Waals surface area (Å²) in [6, 6.07) is 10.6. The first-order valence-corrected chi connectivity index (χ1v) is 8.67. The Morgan fingerprint density at radius 1 is 1.21 bits per heavy atom. The number of nitrogens with zero attached hydrogens (tertiary/aromatic N) is 2. The van der Waals surface area contributed by atoms with Gasteiger partial charge in [0.15, 0.2) is 5.72 Å². The van der Waals surface area contributed by atoms with Crippen LogP contribution in [0, 0.1) is 6.92 Å². The molecule has 2 aromatic carbocycles. The molecular weight excluding hydrogens is 373 g/mol. The minimum Gasteiger partial charge on any atom is -0.507 e. The fourth-order valence-corrected chi connectivity index (χ4v) is 3.09. The van der Waals surface area contributed by atoms with Crippen LogP contribution in [0.2, 0.25) is 0 Å². The summed E-state index contributed by atoms with van der Waals surface area (Å²) in [6.45, 7) is 3.47. The summed E-state index contributed by atoms with van der Waals surface area (Å²) in [5.41, 5.74) is -2.42.